The molecule has 4 rings (SSSR count). The highest BCUT2D eigenvalue weighted by molar-refractivity contribution is 5.90. The molecule has 1 N–H and O–H groups in total. The van der Waals surface area contributed by atoms with Crippen LogP contribution in [0.2, 0.25) is 0 Å². The molecule has 0 radical (unpaired) electrons. The Kier molecular flexibility index (Phi) is 9.57. The minimum absolute atomic E-state index is 0.0855. The Balaban J connectivity index is 1.23. The number of anilines is 2. The molecule has 0 saturated carbocycles. The molecule has 2 saturated heterocycles. The number of ether oxygens (including phenoxy) is 3. The first-order valence-corrected chi connectivity index (χ1v) is 13.9. The number of carbonyl (C=O) groups excluding carboxylic acids is 3. The van der Waals surface area contributed by atoms with Gasteiger partial charge in [0.05, 0.1) is 31.6 Å². The van der Waals surface area contributed by atoms with Crippen LogP contribution in [0.1, 0.15) is 39.2 Å². The highest BCUT2D eigenvalue weighted by Gasteiger charge is 2.33. The van der Waals surface area contributed by atoms with E-state index in [9.17, 15) is 14.4 Å². The summed E-state index contributed by atoms with van der Waals surface area (Å²) in [7, 11) is 1.63. The third-order valence-electron chi connectivity index (χ3n) is 6.98. The summed E-state index contributed by atoms with van der Waals surface area (Å²) in [5.74, 6) is 0.466. The molecule has 2 aliphatic heterocycles. The number of hydrogen-bond acceptors (Lipinski definition) is 7. The highest BCUT2D eigenvalue weighted by Crippen LogP contribution is 2.29. The van der Waals surface area contributed by atoms with Crippen LogP contribution in [0.5, 0.6) is 5.75 Å². The van der Waals surface area contributed by atoms with Crippen LogP contribution in [0.25, 0.3) is 0 Å². The van der Waals surface area contributed by atoms with Gasteiger partial charge in [-0.05, 0) is 69.5 Å². The second-order valence-electron chi connectivity index (χ2n) is 11.2. The fourth-order valence-electron chi connectivity index (χ4n) is 4.86. The Morgan fingerprint density at radius 2 is 1.78 bits per heavy atom. The number of amides is 3. The number of piperazine rings is 1. The molecule has 0 aliphatic carbocycles. The minimum Gasteiger partial charge on any atom is -0.497 e. The minimum atomic E-state index is -0.637. The van der Waals surface area contributed by atoms with Gasteiger partial charge in [0.25, 0.3) is 0 Å². The van der Waals surface area contributed by atoms with Gasteiger partial charge < -0.3 is 29.3 Å². The SMILES string of the molecule is COc1ccc(CCCC(=O)N2CCN(c3ccc(N4C[C@H](CNC(=O)OC(C)(C)C)OC4=O)cc3F)CC2)cc1. The Labute approximate surface area is 240 Å². The summed E-state index contributed by atoms with van der Waals surface area (Å²) >= 11 is 0. The number of hydrogen-bond donors (Lipinski definition) is 1. The number of rotatable bonds is 9. The van der Waals surface area contributed by atoms with Crippen molar-refractivity contribution in [2.45, 2.75) is 51.7 Å². The fraction of sp³-hybridized carbons (Fsp3) is 0.500. The van der Waals surface area contributed by atoms with E-state index in [1.807, 2.05) is 34.1 Å². The Bertz CT molecular complexity index is 1220. The molecule has 0 aromatic heterocycles. The second-order valence-corrected chi connectivity index (χ2v) is 11.2. The number of aryl methyl sites for hydroxylation is 1. The number of alkyl carbamates (subject to hydrolysis) is 1. The fourth-order valence-corrected chi connectivity index (χ4v) is 4.86. The number of halogens is 1. The van der Waals surface area contributed by atoms with Crippen molar-refractivity contribution < 1.29 is 33.0 Å². The topological polar surface area (TPSA) is 101 Å². The van der Waals surface area contributed by atoms with Crippen molar-refractivity contribution in [3.63, 3.8) is 0 Å². The van der Waals surface area contributed by atoms with Crippen LogP contribution >= 0.6 is 0 Å². The van der Waals surface area contributed by atoms with Crippen molar-refractivity contribution in [2.24, 2.45) is 0 Å². The lowest BCUT2D eigenvalue weighted by Crippen LogP contribution is -2.49. The molecule has 2 fully saturated rings. The zero-order chi connectivity index (χ0) is 29.6. The van der Waals surface area contributed by atoms with Crippen molar-refractivity contribution in [1.82, 2.24) is 10.2 Å². The van der Waals surface area contributed by atoms with Crippen LogP contribution in [0.3, 0.4) is 0 Å². The van der Waals surface area contributed by atoms with Crippen LogP contribution < -0.4 is 19.9 Å². The standard InChI is InChI=1S/C30H39FN4O6/c1-30(2,3)41-28(37)32-19-24-20-35(29(38)40-24)22-10-13-26(25(31)18-22)33-14-16-34(17-15-33)27(36)7-5-6-21-8-11-23(39-4)12-9-21/h8-13,18,24H,5-7,14-17,19-20H2,1-4H3,(H,32,37)/t24-/m0/s1. The molecule has 11 heteroatoms. The number of cyclic esters (lactones) is 1. The zero-order valence-electron chi connectivity index (χ0n) is 24.2. The van der Waals surface area contributed by atoms with Crippen molar-refractivity contribution in [3.05, 3.63) is 53.8 Å². The molecule has 2 aromatic carbocycles. The Hall–Kier alpha value is -4.02. The van der Waals surface area contributed by atoms with Crippen LogP contribution in [-0.4, -0.2) is 81.1 Å². The van der Waals surface area contributed by atoms with Gasteiger partial charge in [0.15, 0.2) is 0 Å². The summed E-state index contributed by atoms with van der Waals surface area (Å²) in [5.41, 5.74) is 1.33. The predicted molar refractivity (Wildman–Crippen MR) is 153 cm³/mol. The van der Waals surface area contributed by atoms with Gasteiger partial charge in [-0.15, -0.1) is 0 Å². The van der Waals surface area contributed by atoms with Gasteiger partial charge in [0.1, 0.15) is 23.3 Å². The van der Waals surface area contributed by atoms with E-state index in [-0.39, 0.29) is 19.0 Å². The molecule has 10 nitrogen and oxygen atoms in total. The summed E-state index contributed by atoms with van der Waals surface area (Å²) in [4.78, 5) is 42.1. The summed E-state index contributed by atoms with van der Waals surface area (Å²) in [5, 5.41) is 2.59. The monoisotopic (exact) mass is 570 g/mol. The van der Waals surface area contributed by atoms with Gasteiger partial charge in [0, 0.05) is 32.6 Å². The molecule has 0 bridgehead atoms. The molecule has 0 unspecified atom stereocenters. The average Bonchev–Trinajstić information content (AvgIpc) is 3.31. The van der Waals surface area contributed by atoms with Crippen molar-refractivity contribution in [3.8, 4) is 5.75 Å². The smallest absolute Gasteiger partial charge is 0.414 e. The molecule has 2 aliphatic rings. The molecule has 2 aromatic rings. The third kappa shape index (κ3) is 8.25. The van der Waals surface area contributed by atoms with Gasteiger partial charge in [-0.1, -0.05) is 12.1 Å². The number of nitrogens with one attached hydrogen (secondary N) is 1. The van der Waals surface area contributed by atoms with E-state index in [0.717, 1.165) is 24.2 Å². The van der Waals surface area contributed by atoms with Gasteiger partial charge in [-0.2, -0.15) is 0 Å². The van der Waals surface area contributed by atoms with Crippen LogP contribution in [-0.2, 0) is 20.7 Å². The van der Waals surface area contributed by atoms with Crippen molar-refractivity contribution >= 4 is 29.5 Å². The number of benzene rings is 2. The molecule has 0 spiro atoms. The number of carbonyl (C=O) groups is 3. The Morgan fingerprint density at radius 1 is 1.07 bits per heavy atom. The first kappa shape index (κ1) is 30.0. The lowest BCUT2D eigenvalue weighted by Gasteiger charge is -2.36. The largest absolute Gasteiger partial charge is 0.497 e. The molecular weight excluding hydrogens is 531 g/mol. The molecule has 1 atom stereocenters. The van der Waals surface area contributed by atoms with E-state index in [1.165, 1.54) is 11.0 Å². The predicted octanol–water partition coefficient (Wildman–Crippen LogP) is 4.36. The van der Waals surface area contributed by atoms with E-state index in [0.29, 0.717) is 44.0 Å². The normalized spacial score (nSPS) is 17.3. The molecule has 3 amide bonds. The van der Waals surface area contributed by atoms with E-state index >= 15 is 4.39 Å². The van der Waals surface area contributed by atoms with Gasteiger partial charge in [-0.3, -0.25) is 9.69 Å². The number of nitrogens with zero attached hydrogens (tertiary/aromatic N) is 3. The van der Waals surface area contributed by atoms with Gasteiger partial charge in [0.2, 0.25) is 5.91 Å². The second kappa shape index (κ2) is 13.1. The highest BCUT2D eigenvalue weighted by atomic mass is 19.1. The molecule has 2 heterocycles. The average molecular weight is 571 g/mol. The Morgan fingerprint density at radius 3 is 2.41 bits per heavy atom. The first-order chi connectivity index (χ1) is 19.5. The quantitative estimate of drug-likeness (QED) is 0.478. The lowest BCUT2D eigenvalue weighted by atomic mass is 10.1. The third-order valence-corrected chi connectivity index (χ3v) is 6.98. The molecule has 222 valence electrons. The van der Waals surface area contributed by atoms with Crippen LogP contribution in [0, 0.1) is 5.82 Å². The van der Waals surface area contributed by atoms with E-state index < -0.39 is 29.7 Å². The molecule has 41 heavy (non-hydrogen) atoms. The summed E-state index contributed by atoms with van der Waals surface area (Å²) in [6.07, 6.45) is 0.261. The summed E-state index contributed by atoms with van der Waals surface area (Å²) < 4.78 is 30.9. The van der Waals surface area contributed by atoms with Crippen molar-refractivity contribution in [2.75, 3.05) is 56.2 Å². The maximum atomic E-state index is 15.2. The van der Waals surface area contributed by atoms with E-state index in [1.54, 1.807) is 40.0 Å². The van der Waals surface area contributed by atoms with Gasteiger partial charge >= 0.3 is 12.2 Å². The van der Waals surface area contributed by atoms with Crippen molar-refractivity contribution in [1.29, 1.82) is 0 Å². The van der Waals surface area contributed by atoms with Crippen LogP contribution in [0.15, 0.2) is 42.5 Å². The van der Waals surface area contributed by atoms with Crippen LogP contribution in [0.4, 0.5) is 25.4 Å². The first-order valence-electron chi connectivity index (χ1n) is 13.9. The lowest BCUT2D eigenvalue weighted by molar-refractivity contribution is -0.131. The summed E-state index contributed by atoms with van der Waals surface area (Å²) in [6, 6.07) is 12.5. The molecular formula is C30H39FN4O6. The van der Waals surface area contributed by atoms with Gasteiger partial charge in [-0.25, -0.2) is 14.0 Å². The maximum Gasteiger partial charge on any atom is 0.414 e. The van der Waals surface area contributed by atoms with E-state index in [2.05, 4.69) is 5.32 Å². The van der Waals surface area contributed by atoms with E-state index in [4.69, 9.17) is 14.2 Å². The summed E-state index contributed by atoms with van der Waals surface area (Å²) in [6.45, 7) is 7.61. The zero-order valence-corrected chi connectivity index (χ0v) is 24.2. The maximum absolute atomic E-state index is 15.2. The number of methoxy groups -OCH3 is 1.